The average molecular weight is 574 g/mol. The van der Waals surface area contributed by atoms with Crippen molar-refractivity contribution in [1.82, 2.24) is 5.43 Å². The van der Waals surface area contributed by atoms with Gasteiger partial charge in [-0.1, -0.05) is 17.7 Å². The second kappa shape index (κ2) is 12.8. The number of nitrogens with zero attached hydrogens (tertiary/aromatic N) is 1. The molecule has 10 nitrogen and oxygen atoms in total. The van der Waals surface area contributed by atoms with Gasteiger partial charge < -0.3 is 14.2 Å². The van der Waals surface area contributed by atoms with Gasteiger partial charge in [-0.3, -0.25) is 9.52 Å². The molecule has 0 fully saturated rings. The molecule has 0 spiro atoms. The number of amides is 1. The number of sulfonamides is 1. The van der Waals surface area contributed by atoms with Crippen LogP contribution in [0.4, 0.5) is 5.69 Å². The van der Waals surface area contributed by atoms with Crippen molar-refractivity contribution in [3.63, 3.8) is 0 Å². The first-order valence-electron chi connectivity index (χ1n) is 12.3. The number of anilines is 1. The zero-order valence-corrected chi connectivity index (χ0v) is 23.3. The molecule has 41 heavy (non-hydrogen) atoms. The van der Waals surface area contributed by atoms with E-state index < -0.39 is 21.9 Å². The van der Waals surface area contributed by atoms with Crippen molar-refractivity contribution in [2.75, 3.05) is 18.9 Å². The summed E-state index contributed by atoms with van der Waals surface area (Å²) in [5.41, 5.74) is 4.87. The van der Waals surface area contributed by atoms with Gasteiger partial charge in [-0.25, -0.2) is 18.6 Å². The average Bonchev–Trinajstić information content (AvgIpc) is 2.98. The Morgan fingerprint density at radius 3 is 2.07 bits per heavy atom. The summed E-state index contributed by atoms with van der Waals surface area (Å²) in [6, 6.07) is 23.7. The predicted molar refractivity (Wildman–Crippen MR) is 154 cm³/mol. The Kier molecular flexibility index (Phi) is 9.00. The van der Waals surface area contributed by atoms with Gasteiger partial charge in [0.2, 0.25) is 0 Å². The van der Waals surface area contributed by atoms with Gasteiger partial charge in [0.15, 0.2) is 11.5 Å². The number of hydrogen-bond acceptors (Lipinski definition) is 8. The van der Waals surface area contributed by atoms with E-state index in [0.29, 0.717) is 28.3 Å². The predicted octanol–water partition coefficient (Wildman–Crippen LogP) is 4.80. The van der Waals surface area contributed by atoms with Crippen molar-refractivity contribution < 1.29 is 32.2 Å². The number of methoxy groups -OCH3 is 2. The molecule has 0 saturated carbocycles. The number of hydrogen-bond donors (Lipinski definition) is 2. The lowest BCUT2D eigenvalue weighted by Gasteiger charge is -2.10. The number of nitrogens with one attached hydrogen (secondary N) is 2. The lowest BCUT2D eigenvalue weighted by Crippen LogP contribution is -2.18. The van der Waals surface area contributed by atoms with Crippen LogP contribution in [-0.2, 0) is 10.0 Å². The van der Waals surface area contributed by atoms with Crippen molar-refractivity contribution in [2.24, 2.45) is 5.10 Å². The number of hydrazone groups is 1. The molecule has 0 aromatic heterocycles. The van der Waals surface area contributed by atoms with Gasteiger partial charge in [0.25, 0.3) is 15.9 Å². The van der Waals surface area contributed by atoms with E-state index in [1.54, 1.807) is 54.6 Å². The Labute approximate surface area is 237 Å². The molecule has 0 bridgehead atoms. The molecule has 0 aliphatic rings. The molecule has 0 saturated heterocycles. The first kappa shape index (κ1) is 28.8. The quantitative estimate of drug-likeness (QED) is 0.121. The highest BCUT2D eigenvalue weighted by Gasteiger charge is 2.15. The third kappa shape index (κ3) is 7.49. The van der Waals surface area contributed by atoms with Crippen LogP contribution < -0.4 is 24.4 Å². The van der Waals surface area contributed by atoms with Crippen molar-refractivity contribution >= 4 is 33.8 Å². The molecule has 4 rings (SSSR count). The van der Waals surface area contributed by atoms with Gasteiger partial charge in [0.05, 0.1) is 30.9 Å². The van der Waals surface area contributed by atoms with Crippen molar-refractivity contribution in [3.05, 3.63) is 113 Å². The largest absolute Gasteiger partial charge is 0.497 e. The summed E-state index contributed by atoms with van der Waals surface area (Å²) < 4.78 is 43.5. The number of esters is 1. The molecule has 210 valence electrons. The minimum atomic E-state index is -3.76. The molecule has 0 atom stereocenters. The van der Waals surface area contributed by atoms with Crippen LogP contribution in [0.2, 0.25) is 0 Å². The maximum Gasteiger partial charge on any atom is 0.343 e. The fourth-order valence-electron chi connectivity index (χ4n) is 3.59. The highest BCUT2D eigenvalue weighted by molar-refractivity contribution is 7.92. The van der Waals surface area contributed by atoms with Gasteiger partial charge >= 0.3 is 5.97 Å². The second-order valence-corrected chi connectivity index (χ2v) is 10.4. The summed E-state index contributed by atoms with van der Waals surface area (Å²) in [6.07, 6.45) is 1.40. The number of carbonyl (C=O) groups excluding carboxylic acids is 2. The number of ether oxygens (including phenoxy) is 3. The standard InChI is InChI=1S/C30H27N3O7S/c1-20-4-15-26(16-5-20)41(36,37)33-24-11-7-22(8-12-24)29(34)32-31-19-21-6-17-27(28(18-21)39-3)40-30(35)23-9-13-25(38-2)14-10-23/h4-19,33H,1-3H3,(H,32,34)/b31-19-. The van der Waals surface area contributed by atoms with Crippen LogP contribution in [-0.4, -0.2) is 40.7 Å². The van der Waals surface area contributed by atoms with Gasteiger partial charge in [-0.2, -0.15) is 5.10 Å². The van der Waals surface area contributed by atoms with E-state index in [0.717, 1.165) is 5.56 Å². The molecule has 11 heteroatoms. The van der Waals surface area contributed by atoms with E-state index in [-0.39, 0.29) is 16.2 Å². The van der Waals surface area contributed by atoms with Crippen LogP contribution in [0.5, 0.6) is 17.2 Å². The van der Waals surface area contributed by atoms with Crippen LogP contribution in [0.1, 0.15) is 31.8 Å². The Balaban J connectivity index is 1.35. The molecule has 4 aromatic rings. The molecular weight excluding hydrogens is 546 g/mol. The maximum absolute atomic E-state index is 12.6. The molecule has 2 N–H and O–H groups in total. The highest BCUT2D eigenvalue weighted by atomic mass is 32.2. The summed E-state index contributed by atoms with van der Waals surface area (Å²) in [6.45, 7) is 1.87. The summed E-state index contributed by atoms with van der Waals surface area (Å²) in [7, 11) is -0.783. The molecule has 0 unspecified atom stereocenters. The molecule has 0 heterocycles. The van der Waals surface area contributed by atoms with E-state index >= 15 is 0 Å². The fraction of sp³-hybridized carbons (Fsp3) is 0.100. The zero-order valence-electron chi connectivity index (χ0n) is 22.5. The Bertz CT molecular complexity index is 1670. The lowest BCUT2D eigenvalue weighted by atomic mass is 10.2. The Morgan fingerprint density at radius 1 is 0.780 bits per heavy atom. The van der Waals surface area contributed by atoms with Crippen molar-refractivity contribution in [2.45, 2.75) is 11.8 Å². The molecular formula is C30H27N3O7S. The maximum atomic E-state index is 12.6. The SMILES string of the molecule is COc1ccc(C(=O)Oc2ccc(/C=N\NC(=O)c3ccc(NS(=O)(=O)c4ccc(C)cc4)cc3)cc2OC)cc1. The molecule has 0 radical (unpaired) electrons. The minimum absolute atomic E-state index is 0.138. The monoisotopic (exact) mass is 573 g/mol. The Hall–Kier alpha value is -5.16. The van der Waals surface area contributed by atoms with Gasteiger partial charge in [0, 0.05) is 11.3 Å². The van der Waals surface area contributed by atoms with Crippen LogP contribution in [0.3, 0.4) is 0 Å². The topological polar surface area (TPSA) is 132 Å². The van der Waals surface area contributed by atoms with Crippen LogP contribution >= 0.6 is 0 Å². The number of benzene rings is 4. The molecule has 0 aliphatic carbocycles. The van der Waals surface area contributed by atoms with Gasteiger partial charge in [0.1, 0.15) is 5.75 Å². The third-order valence-electron chi connectivity index (χ3n) is 5.83. The number of rotatable bonds is 10. The first-order valence-corrected chi connectivity index (χ1v) is 13.7. The summed E-state index contributed by atoms with van der Waals surface area (Å²) in [5, 5.41) is 3.97. The fourth-order valence-corrected chi connectivity index (χ4v) is 4.64. The van der Waals surface area contributed by atoms with Gasteiger partial charge in [-0.15, -0.1) is 0 Å². The number of aryl methyl sites for hydroxylation is 1. The molecule has 4 aromatic carbocycles. The van der Waals surface area contributed by atoms with Crippen LogP contribution in [0.15, 0.2) is 101 Å². The molecule has 1 amide bonds. The Morgan fingerprint density at radius 2 is 1.44 bits per heavy atom. The van der Waals surface area contributed by atoms with E-state index in [2.05, 4.69) is 15.2 Å². The smallest absolute Gasteiger partial charge is 0.343 e. The third-order valence-corrected chi connectivity index (χ3v) is 7.22. The number of carbonyl (C=O) groups is 2. The van der Waals surface area contributed by atoms with Crippen LogP contribution in [0.25, 0.3) is 0 Å². The summed E-state index contributed by atoms with van der Waals surface area (Å²) in [5.74, 6) is 0.0754. The minimum Gasteiger partial charge on any atom is -0.497 e. The first-order chi connectivity index (χ1) is 19.7. The van der Waals surface area contributed by atoms with Gasteiger partial charge in [-0.05, 0) is 91.3 Å². The van der Waals surface area contributed by atoms with Crippen molar-refractivity contribution in [3.8, 4) is 17.2 Å². The molecule has 0 aliphatic heterocycles. The van der Waals surface area contributed by atoms with E-state index in [9.17, 15) is 18.0 Å². The summed E-state index contributed by atoms with van der Waals surface area (Å²) >= 11 is 0. The highest BCUT2D eigenvalue weighted by Crippen LogP contribution is 2.28. The van der Waals surface area contributed by atoms with E-state index in [1.807, 2.05) is 6.92 Å². The second-order valence-electron chi connectivity index (χ2n) is 8.72. The summed E-state index contributed by atoms with van der Waals surface area (Å²) in [4.78, 5) is 25.1. The van der Waals surface area contributed by atoms with E-state index in [1.165, 1.54) is 56.8 Å². The van der Waals surface area contributed by atoms with Crippen LogP contribution in [0, 0.1) is 6.92 Å². The lowest BCUT2D eigenvalue weighted by molar-refractivity contribution is 0.0729. The normalized spacial score (nSPS) is 11.1. The zero-order chi connectivity index (χ0) is 29.4. The van der Waals surface area contributed by atoms with E-state index in [4.69, 9.17) is 14.2 Å². The van der Waals surface area contributed by atoms with Crippen molar-refractivity contribution in [1.29, 1.82) is 0 Å².